The molecular formula is C81H58N4S2. The molecule has 0 fully saturated rings. The second-order valence-electron chi connectivity index (χ2n) is 24.5. The number of hydrogen-bond donors (Lipinski definition) is 0. The second-order valence-corrected chi connectivity index (χ2v) is 26.5. The van der Waals surface area contributed by atoms with Gasteiger partial charge in [-0.2, -0.15) is 0 Å². The van der Waals surface area contributed by atoms with Crippen LogP contribution >= 0.6 is 22.7 Å². The third-order valence-corrected chi connectivity index (χ3v) is 21.2. The van der Waals surface area contributed by atoms with E-state index >= 15 is 0 Å². The Morgan fingerprint density at radius 3 is 0.977 bits per heavy atom. The molecule has 0 unspecified atom stereocenters. The Bertz CT molecular complexity index is 4670. The van der Waals surface area contributed by atoms with Crippen LogP contribution in [0.5, 0.6) is 0 Å². The van der Waals surface area contributed by atoms with E-state index in [2.05, 4.69) is 317 Å². The van der Waals surface area contributed by atoms with Crippen molar-refractivity contribution in [3.63, 3.8) is 0 Å². The van der Waals surface area contributed by atoms with Crippen LogP contribution in [0.25, 0.3) is 75.0 Å². The summed E-state index contributed by atoms with van der Waals surface area (Å²) < 4.78 is 2.38. The first-order chi connectivity index (χ1) is 42.6. The third-order valence-electron chi connectivity index (χ3n) is 19.0. The zero-order chi connectivity index (χ0) is 58.2. The van der Waals surface area contributed by atoms with Gasteiger partial charge in [-0.25, -0.2) is 9.97 Å². The van der Waals surface area contributed by atoms with Gasteiger partial charge in [-0.15, -0.1) is 22.7 Å². The Morgan fingerprint density at radius 1 is 0.276 bits per heavy atom. The maximum atomic E-state index is 5.08. The molecule has 414 valence electrons. The van der Waals surface area contributed by atoms with Gasteiger partial charge in [0.2, 0.25) is 0 Å². The number of para-hydroxylation sites is 2. The molecule has 0 bridgehead atoms. The van der Waals surface area contributed by atoms with Crippen LogP contribution in [0.1, 0.15) is 72.2 Å². The van der Waals surface area contributed by atoms with Gasteiger partial charge in [0.25, 0.3) is 0 Å². The SMILES string of the molecule is CC1(C)c2ccccc2-c2ccc(N(c3ccc(-c4nc5ccccc5s4)cc3)c3ccc4c(c3)C(c3ccccc3)(c3ccccc3)c3cc(N(c5ccc(-c6nc7ccccc7s6)cc5)c5ccc6c(c5)C(C)(C)c5ccccc5-6)ccc3-4)cc21. The molecule has 0 radical (unpaired) electrons. The lowest BCUT2D eigenvalue weighted by molar-refractivity contribution is 0.660. The Morgan fingerprint density at radius 2 is 0.586 bits per heavy atom. The number of thiazole rings is 2. The number of aromatic nitrogens is 2. The lowest BCUT2D eigenvalue weighted by atomic mass is 9.67. The van der Waals surface area contributed by atoms with Crippen LogP contribution in [0.3, 0.4) is 0 Å². The number of anilines is 6. The summed E-state index contributed by atoms with van der Waals surface area (Å²) in [5.41, 5.74) is 27.6. The number of nitrogens with zero attached hydrogens (tertiary/aromatic N) is 4. The van der Waals surface area contributed by atoms with E-state index in [0.717, 1.165) is 66.3 Å². The van der Waals surface area contributed by atoms with Crippen LogP contribution < -0.4 is 9.80 Å². The fraction of sp³-hybridized carbons (Fsp3) is 0.0864. The van der Waals surface area contributed by atoms with Gasteiger partial charge in [0.15, 0.2) is 0 Å². The quantitative estimate of drug-likeness (QED) is 0.137. The topological polar surface area (TPSA) is 32.3 Å². The Balaban J connectivity index is 0.862. The minimum Gasteiger partial charge on any atom is -0.310 e. The lowest BCUT2D eigenvalue weighted by Gasteiger charge is -2.36. The van der Waals surface area contributed by atoms with Crippen molar-refractivity contribution < 1.29 is 0 Å². The summed E-state index contributed by atoms with van der Waals surface area (Å²) in [4.78, 5) is 15.1. The highest BCUT2D eigenvalue weighted by molar-refractivity contribution is 7.22. The predicted molar refractivity (Wildman–Crippen MR) is 365 cm³/mol. The molecule has 4 nitrogen and oxygen atoms in total. The van der Waals surface area contributed by atoms with Gasteiger partial charge in [0, 0.05) is 56.1 Å². The maximum absolute atomic E-state index is 5.08. The minimum atomic E-state index is -0.729. The van der Waals surface area contributed by atoms with Gasteiger partial charge >= 0.3 is 0 Å². The first kappa shape index (κ1) is 51.4. The van der Waals surface area contributed by atoms with Crippen molar-refractivity contribution in [1.29, 1.82) is 0 Å². The molecule has 6 heteroatoms. The summed E-state index contributed by atoms with van der Waals surface area (Å²) in [6, 6.07) is 104. The monoisotopic (exact) mass is 1150 g/mol. The summed E-state index contributed by atoms with van der Waals surface area (Å²) >= 11 is 3.48. The molecule has 17 rings (SSSR count). The normalized spacial score (nSPS) is 14.3. The molecule has 0 N–H and O–H groups in total. The van der Waals surface area contributed by atoms with E-state index in [-0.39, 0.29) is 10.8 Å². The highest BCUT2D eigenvalue weighted by atomic mass is 32.1. The van der Waals surface area contributed by atoms with E-state index in [4.69, 9.17) is 9.97 Å². The van der Waals surface area contributed by atoms with Crippen LogP contribution in [0.2, 0.25) is 0 Å². The van der Waals surface area contributed by atoms with Gasteiger partial charge in [-0.3, -0.25) is 0 Å². The Kier molecular flexibility index (Phi) is 11.5. The van der Waals surface area contributed by atoms with Gasteiger partial charge in [-0.05, 0) is 199 Å². The van der Waals surface area contributed by atoms with Gasteiger partial charge in [0.05, 0.1) is 25.8 Å². The maximum Gasteiger partial charge on any atom is 0.124 e. The van der Waals surface area contributed by atoms with Crippen LogP contribution in [0.4, 0.5) is 34.1 Å². The van der Waals surface area contributed by atoms with Gasteiger partial charge < -0.3 is 9.80 Å². The fourth-order valence-electron chi connectivity index (χ4n) is 14.8. The average molecular weight is 1150 g/mol. The van der Waals surface area contributed by atoms with Crippen LogP contribution in [0.15, 0.2) is 279 Å². The zero-order valence-corrected chi connectivity index (χ0v) is 50.3. The summed E-state index contributed by atoms with van der Waals surface area (Å²) in [6.07, 6.45) is 0. The van der Waals surface area contributed by atoms with Gasteiger partial charge in [0.1, 0.15) is 10.0 Å². The molecule has 2 aromatic heterocycles. The smallest absolute Gasteiger partial charge is 0.124 e. The number of hydrogen-bond acceptors (Lipinski definition) is 6. The van der Waals surface area contributed by atoms with E-state index in [1.807, 2.05) is 0 Å². The molecule has 14 aromatic rings. The standard InChI is InChI=1S/C81H58N4S2/c1-79(2)67-25-13-11-23-61(67)63-43-39-57(47-69(63)79)84(55-35-31-51(32-36-55)77-82-73-27-15-17-29-75(73)86-77)59-41-45-65-66-46-42-60(50-72(66)81(71(65)49-59,53-19-7-5-8-20-53)54-21-9-6-10-22-54)85(56-37-33-52(34-38-56)78-83-74-28-16-18-30-76(74)87-78)58-40-44-64-62-24-12-14-26-68(62)80(3,4)70(64)48-58/h5-50H,1-4H3. The summed E-state index contributed by atoms with van der Waals surface area (Å²) in [7, 11) is 0. The average Bonchev–Trinajstić information content (AvgIpc) is 1.64. The molecule has 3 aliphatic rings. The predicted octanol–water partition coefficient (Wildman–Crippen LogP) is 22.2. The molecule has 87 heavy (non-hydrogen) atoms. The Hall–Kier alpha value is -9.98. The van der Waals surface area contributed by atoms with E-state index in [1.54, 1.807) is 22.7 Å². The van der Waals surface area contributed by atoms with Crippen molar-refractivity contribution in [2.24, 2.45) is 0 Å². The van der Waals surface area contributed by atoms with E-state index in [1.165, 1.54) is 87.3 Å². The lowest BCUT2D eigenvalue weighted by Crippen LogP contribution is -2.29. The van der Waals surface area contributed by atoms with Crippen molar-refractivity contribution in [3.05, 3.63) is 324 Å². The van der Waals surface area contributed by atoms with E-state index in [0.29, 0.717) is 0 Å². The summed E-state index contributed by atoms with van der Waals surface area (Å²) in [5, 5.41) is 2.03. The molecule has 0 saturated heterocycles. The molecule has 3 aliphatic carbocycles. The van der Waals surface area contributed by atoms with Crippen LogP contribution in [-0.2, 0) is 16.2 Å². The molecule has 0 aliphatic heterocycles. The fourth-order valence-corrected chi connectivity index (χ4v) is 16.7. The van der Waals surface area contributed by atoms with Crippen molar-refractivity contribution in [3.8, 4) is 54.5 Å². The van der Waals surface area contributed by atoms with Crippen molar-refractivity contribution >= 4 is 77.2 Å². The molecule has 0 spiro atoms. The van der Waals surface area contributed by atoms with Crippen molar-refractivity contribution in [2.45, 2.75) is 43.9 Å². The third kappa shape index (κ3) is 7.87. The number of fused-ring (bicyclic) bond motifs is 11. The second kappa shape index (κ2) is 19.5. The van der Waals surface area contributed by atoms with Crippen molar-refractivity contribution in [2.75, 3.05) is 9.80 Å². The molecule has 0 saturated carbocycles. The summed E-state index contributed by atoms with van der Waals surface area (Å²) in [6.45, 7) is 9.49. The van der Waals surface area contributed by atoms with E-state index in [9.17, 15) is 0 Å². The van der Waals surface area contributed by atoms with Crippen LogP contribution in [-0.4, -0.2) is 9.97 Å². The molecule has 12 aromatic carbocycles. The summed E-state index contributed by atoms with van der Waals surface area (Å²) in [5.74, 6) is 0. The number of rotatable bonds is 10. The van der Waals surface area contributed by atoms with E-state index < -0.39 is 5.41 Å². The largest absolute Gasteiger partial charge is 0.310 e. The first-order valence-electron chi connectivity index (χ1n) is 30.0. The van der Waals surface area contributed by atoms with Gasteiger partial charge in [-0.1, -0.05) is 185 Å². The Labute approximate surface area is 515 Å². The molecule has 0 amide bonds. The molecular weight excluding hydrogens is 1090 g/mol. The van der Waals surface area contributed by atoms with Crippen molar-refractivity contribution in [1.82, 2.24) is 9.97 Å². The minimum absolute atomic E-state index is 0.190. The highest BCUT2D eigenvalue weighted by Crippen LogP contribution is 2.60. The first-order valence-corrected chi connectivity index (χ1v) is 31.7. The van der Waals surface area contributed by atoms with Crippen LogP contribution in [0, 0.1) is 0 Å². The zero-order valence-electron chi connectivity index (χ0n) is 48.7. The number of benzene rings is 12. The molecule has 0 atom stereocenters. The molecule has 2 heterocycles. The highest BCUT2D eigenvalue weighted by Gasteiger charge is 2.47.